The van der Waals surface area contributed by atoms with Crippen LogP contribution in [0.3, 0.4) is 0 Å². The van der Waals surface area contributed by atoms with Crippen molar-refractivity contribution < 1.29 is 14.3 Å². The van der Waals surface area contributed by atoms with Crippen molar-refractivity contribution in [1.29, 1.82) is 0 Å². The molecule has 2 N–H and O–H groups in total. The van der Waals surface area contributed by atoms with Gasteiger partial charge >= 0.3 is 5.97 Å². The minimum atomic E-state index is -0.907. The zero-order valence-electron chi connectivity index (χ0n) is 12.5. The predicted molar refractivity (Wildman–Crippen MR) is 83.7 cm³/mol. The number of halogens is 1. The fraction of sp³-hybridized carbons (Fsp3) is 0.412. The molecule has 4 nitrogen and oxygen atoms in total. The van der Waals surface area contributed by atoms with Crippen LogP contribution in [0, 0.1) is 12.7 Å². The lowest BCUT2D eigenvalue weighted by atomic mass is 10.0. The highest BCUT2D eigenvalue weighted by Crippen LogP contribution is 2.32. The molecule has 3 rings (SSSR count). The van der Waals surface area contributed by atoms with E-state index in [0.29, 0.717) is 28.2 Å². The standard InChI is InChI=1S/C17H19FN2O2/c1-10-13(9-16(21)22)17(20-12-4-2-3-5-12)14-8-11(18)6-7-15(14)19-10/h6-8,12H,2-5,9H2,1H3,(H,19,20)(H,21,22). The molecular weight excluding hydrogens is 283 g/mol. The summed E-state index contributed by atoms with van der Waals surface area (Å²) in [4.78, 5) is 15.6. The van der Waals surface area contributed by atoms with Crippen molar-refractivity contribution >= 4 is 22.6 Å². The average molecular weight is 302 g/mol. The zero-order chi connectivity index (χ0) is 15.7. The zero-order valence-corrected chi connectivity index (χ0v) is 12.5. The van der Waals surface area contributed by atoms with Gasteiger partial charge in [-0.25, -0.2) is 4.39 Å². The summed E-state index contributed by atoms with van der Waals surface area (Å²) in [5, 5.41) is 13.3. The first-order chi connectivity index (χ1) is 10.5. The average Bonchev–Trinajstić information content (AvgIpc) is 2.96. The molecule has 116 valence electrons. The number of fused-ring (bicyclic) bond motifs is 1. The largest absolute Gasteiger partial charge is 0.481 e. The molecule has 0 bridgehead atoms. The molecule has 0 aliphatic heterocycles. The van der Waals surface area contributed by atoms with E-state index in [1.807, 2.05) is 0 Å². The number of anilines is 1. The molecule has 0 spiro atoms. The van der Waals surface area contributed by atoms with E-state index in [4.69, 9.17) is 0 Å². The van der Waals surface area contributed by atoms with Crippen LogP contribution in [0.15, 0.2) is 18.2 Å². The lowest BCUT2D eigenvalue weighted by molar-refractivity contribution is -0.136. The maximum Gasteiger partial charge on any atom is 0.307 e. The van der Waals surface area contributed by atoms with Gasteiger partial charge in [-0.3, -0.25) is 9.78 Å². The van der Waals surface area contributed by atoms with Crippen LogP contribution in [-0.2, 0) is 11.2 Å². The number of pyridine rings is 1. The number of carboxylic acids is 1. The van der Waals surface area contributed by atoms with Gasteiger partial charge in [-0.1, -0.05) is 12.8 Å². The Morgan fingerprint density at radius 2 is 2.14 bits per heavy atom. The van der Waals surface area contributed by atoms with E-state index in [-0.39, 0.29) is 12.2 Å². The number of hydrogen-bond acceptors (Lipinski definition) is 3. The maximum atomic E-state index is 13.7. The summed E-state index contributed by atoms with van der Waals surface area (Å²) in [5.74, 6) is -1.25. The van der Waals surface area contributed by atoms with Crippen LogP contribution in [0.4, 0.5) is 10.1 Å². The van der Waals surface area contributed by atoms with Crippen LogP contribution in [-0.4, -0.2) is 22.1 Å². The molecule has 0 atom stereocenters. The molecule has 1 aliphatic carbocycles. The Balaban J connectivity index is 2.16. The summed E-state index contributed by atoms with van der Waals surface area (Å²) in [7, 11) is 0. The molecule has 0 amide bonds. The van der Waals surface area contributed by atoms with E-state index in [9.17, 15) is 14.3 Å². The first-order valence-electron chi connectivity index (χ1n) is 7.61. The van der Waals surface area contributed by atoms with Crippen molar-refractivity contribution in [2.45, 2.75) is 45.1 Å². The molecule has 1 aromatic carbocycles. The number of nitrogens with zero attached hydrogens (tertiary/aromatic N) is 1. The molecule has 1 heterocycles. The minimum Gasteiger partial charge on any atom is -0.481 e. The van der Waals surface area contributed by atoms with Gasteiger partial charge < -0.3 is 10.4 Å². The summed E-state index contributed by atoms with van der Waals surface area (Å²) < 4.78 is 13.7. The van der Waals surface area contributed by atoms with E-state index in [0.717, 1.165) is 18.5 Å². The minimum absolute atomic E-state index is 0.111. The highest BCUT2D eigenvalue weighted by Gasteiger charge is 2.21. The first-order valence-corrected chi connectivity index (χ1v) is 7.61. The molecule has 22 heavy (non-hydrogen) atoms. The van der Waals surface area contributed by atoms with Crippen molar-refractivity contribution in [3.05, 3.63) is 35.3 Å². The molecule has 1 aromatic heterocycles. The molecule has 0 saturated heterocycles. The Hall–Kier alpha value is -2.17. The smallest absolute Gasteiger partial charge is 0.307 e. The summed E-state index contributed by atoms with van der Waals surface area (Å²) in [6.07, 6.45) is 4.35. The van der Waals surface area contributed by atoms with Crippen molar-refractivity contribution in [1.82, 2.24) is 4.98 Å². The fourth-order valence-corrected chi connectivity index (χ4v) is 3.20. The van der Waals surface area contributed by atoms with E-state index in [1.165, 1.54) is 25.0 Å². The first kappa shape index (κ1) is 14.8. The summed E-state index contributed by atoms with van der Waals surface area (Å²) in [6, 6.07) is 4.78. The third-order valence-corrected chi connectivity index (χ3v) is 4.29. The van der Waals surface area contributed by atoms with E-state index in [2.05, 4.69) is 10.3 Å². The molecular formula is C17H19FN2O2. The lowest BCUT2D eigenvalue weighted by Gasteiger charge is -2.20. The lowest BCUT2D eigenvalue weighted by Crippen LogP contribution is -2.18. The normalized spacial score (nSPS) is 15.4. The maximum absolute atomic E-state index is 13.7. The SMILES string of the molecule is Cc1nc2ccc(F)cc2c(NC2CCCC2)c1CC(=O)O. The van der Waals surface area contributed by atoms with Crippen LogP contribution < -0.4 is 5.32 Å². The highest BCUT2D eigenvalue weighted by atomic mass is 19.1. The summed E-state index contributed by atoms with van der Waals surface area (Å²) in [5.41, 5.74) is 2.75. The fourth-order valence-electron chi connectivity index (χ4n) is 3.20. The van der Waals surface area contributed by atoms with Crippen LogP contribution in [0.25, 0.3) is 10.9 Å². The molecule has 0 unspecified atom stereocenters. The van der Waals surface area contributed by atoms with Crippen LogP contribution in [0.2, 0.25) is 0 Å². The van der Waals surface area contributed by atoms with Gasteiger partial charge in [0.15, 0.2) is 0 Å². The van der Waals surface area contributed by atoms with Crippen LogP contribution in [0.5, 0.6) is 0 Å². The Morgan fingerprint density at radius 1 is 1.41 bits per heavy atom. The van der Waals surface area contributed by atoms with Crippen molar-refractivity contribution in [3.63, 3.8) is 0 Å². The van der Waals surface area contributed by atoms with Crippen molar-refractivity contribution in [2.24, 2.45) is 0 Å². The number of nitrogens with one attached hydrogen (secondary N) is 1. The second kappa shape index (κ2) is 5.91. The molecule has 5 heteroatoms. The van der Waals surface area contributed by atoms with Gasteiger partial charge in [0.05, 0.1) is 11.9 Å². The third-order valence-electron chi connectivity index (χ3n) is 4.29. The van der Waals surface area contributed by atoms with Gasteiger partial charge in [-0.2, -0.15) is 0 Å². The molecule has 0 radical (unpaired) electrons. The van der Waals surface area contributed by atoms with Crippen molar-refractivity contribution in [3.8, 4) is 0 Å². The number of rotatable bonds is 4. The number of hydrogen-bond donors (Lipinski definition) is 2. The number of aliphatic carboxylic acids is 1. The Morgan fingerprint density at radius 3 is 2.82 bits per heavy atom. The summed E-state index contributed by atoms with van der Waals surface area (Å²) in [6.45, 7) is 1.81. The molecule has 2 aromatic rings. The van der Waals surface area contributed by atoms with Gasteiger partial charge in [-0.15, -0.1) is 0 Å². The van der Waals surface area contributed by atoms with E-state index in [1.54, 1.807) is 13.0 Å². The predicted octanol–water partition coefficient (Wildman–Crippen LogP) is 3.66. The monoisotopic (exact) mass is 302 g/mol. The summed E-state index contributed by atoms with van der Waals surface area (Å²) >= 11 is 0. The van der Waals surface area contributed by atoms with Crippen molar-refractivity contribution in [2.75, 3.05) is 5.32 Å². The Labute approximate surface area is 128 Å². The number of aryl methyl sites for hydroxylation is 1. The topological polar surface area (TPSA) is 62.2 Å². The van der Waals surface area contributed by atoms with Gasteiger partial charge in [0, 0.05) is 28.4 Å². The molecule has 1 saturated carbocycles. The number of benzene rings is 1. The second-order valence-corrected chi connectivity index (χ2v) is 5.91. The van der Waals surface area contributed by atoms with Gasteiger partial charge in [0.25, 0.3) is 0 Å². The third kappa shape index (κ3) is 2.89. The van der Waals surface area contributed by atoms with Gasteiger partial charge in [-0.05, 0) is 38.0 Å². The quantitative estimate of drug-likeness (QED) is 0.904. The molecule has 1 fully saturated rings. The highest BCUT2D eigenvalue weighted by molar-refractivity contribution is 5.95. The Bertz CT molecular complexity index is 724. The number of carbonyl (C=O) groups is 1. The van der Waals surface area contributed by atoms with Crippen LogP contribution in [0.1, 0.15) is 36.9 Å². The van der Waals surface area contributed by atoms with E-state index < -0.39 is 5.97 Å². The van der Waals surface area contributed by atoms with Gasteiger partial charge in [0.1, 0.15) is 5.82 Å². The number of aromatic nitrogens is 1. The van der Waals surface area contributed by atoms with Crippen LogP contribution >= 0.6 is 0 Å². The molecule has 1 aliphatic rings. The second-order valence-electron chi connectivity index (χ2n) is 5.91. The van der Waals surface area contributed by atoms with E-state index >= 15 is 0 Å². The Kier molecular flexibility index (Phi) is 3.96. The van der Waals surface area contributed by atoms with Gasteiger partial charge in [0.2, 0.25) is 0 Å². The number of carboxylic acid groups (broad SMARTS) is 1.